The first-order valence-corrected chi connectivity index (χ1v) is 10.5. The number of benzene rings is 3. The number of aromatic nitrogens is 1. The van der Waals surface area contributed by atoms with Crippen molar-refractivity contribution in [1.82, 2.24) is 9.88 Å². The minimum Gasteiger partial charge on any atom is -0.492 e. The van der Waals surface area contributed by atoms with Crippen LogP contribution in [0, 0.1) is 0 Å². The Morgan fingerprint density at radius 2 is 1.83 bits per heavy atom. The van der Waals surface area contributed by atoms with Gasteiger partial charge in [-0.15, -0.1) is 0 Å². The molecule has 0 aliphatic carbocycles. The van der Waals surface area contributed by atoms with E-state index in [1.807, 2.05) is 30.3 Å². The molecule has 0 saturated carbocycles. The molecular weight excluding hydrogens is 372 g/mol. The smallest absolute Gasteiger partial charge is 0.123 e. The molecule has 0 spiro atoms. The number of aliphatic hydroxyl groups excluding tert-OH is 1. The fourth-order valence-electron chi connectivity index (χ4n) is 4.27. The maximum absolute atomic E-state index is 10.8. The van der Waals surface area contributed by atoms with Gasteiger partial charge in [0.25, 0.3) is 0 Å². The summed E-state index contributed by atoms with van der Waals surface area (Å²) in [6.07, 6.45) is 2.19. The van der Waals surface area contributed by atoms with Crippen molar-refractivity contribution in [1.29, 1.82) is 0 Å². The van der Waals surface area contributed by atoms with E-state index < -0.39 is 6.10 Å². The third-order valence-corrected chi connectivity index (χ3v) is 5.87. The van der Waals surface area contributed by atoms with Crippen LogP contribution in [0.1, 0.15) is 28.4 Å². The van der Waals surface area contributed by atoms with E-state index in [-0.39, 0.29) is 0 Å². The maximum atomic E-state index is 10.8. The molecule has 4 heteroatoms. The molecule has 0 radical (unpaired) electrons. The second-order valence-electron chi connectivity index (χ2n) is 7.99. The molecule has 2 heterocycles. The SMILES string of the molecule is OC(Cc1ccccc1)c1ccc2c(c1)CN(Cc1c[nH]c3ccccc13)CCO2. The molecule has 1 unspecified atom stereocenters. The zero-order valence-corrected chi connectivity index (χ0v) is 16.9. The van der Waals surface area contributed by atoms with E-state index in [1.165, 1.54) is 16.5 Å². The summed E-state index contributed by atoms with van der Waals surface area (Å²) in [5, 5.41) is 12.1. The van der Waals surface area contributed by atoms with Crippen molar-refractivity contribution in [2.75, 3.05) is 13.2 Å². The molecule has 0 saturated heterocycles. The van der Waals surface area contributed by atoms with E-state index in [0.29, 0.717) is 13.0 Å². The molecule has 1 aliphatic rings. The van der Waals surface area contributed by atoms with Crippen LogP contribution >= 0.6 is 0 Å². The number of nitrogens with zero attached hydrogens (tertiary/aromatic N) is 1. The van der Waals surface area contributed by atoms with Crippen LogP contribution in [0.15, 0.2) is 79.0 Å². The first kappa shape index (κ1) is 18.9. The van der Waals surface area contributed by atoms with Crippen molar-refractivity contribution in [3.8, 4) is 5.75 Å². The summed E-state index contributed by atoms with van der Waals surface area (Å²) in [5.74, 6) is 0.923. The number of rotatable bonds is 5. The Bertz CT molecular complexity index is 1140. The van der Waals surface area contributed by atoms with Crippen molar-refractivity contribution >= 4 is 10.9 Å². The largest absolute Gasteiger partial charge is 0.492 e. The van der Waals surface area contributed by atoms with Gasteiger partial charge >= 0.3 is 0 Å². The third-order valence-electron chi connectivity index (χ3n) is 5.87. The van der Waals surface area contributed by atoms with Gasteiger partial charge in [0.2, 0.25) is 0 Å². The number of H-pyrrole nitrogens is 1. The lowest BCUT2D eigenvalue weighted by molar-refractivity contribution is 0.178. The van der Waals surface area contributed by atoms with Gasteiger partial charge in [-0.05, 0) is 34.9 Å². The average Bonchev–Trinajstić information content (AvgIpc) is 3.06. The molecule has 152 valence electrons. The van der Waals surface area contributed by atoms with Gasteiger partial charge in [-0.1, -0.05) is 54.6 Å². The highest BCUT2D eigenvalue weighted by atomic mass is 16.5. The lowest BCUT2D eigenvalue weighted by atomic mass is 9.99. The third kappa shape index (κ3) is 3.97. The predicted molar refractivity (Wildman–Crippen MR) is 119 cm³/mol. The number of fused-ring (bicyclic) bond motifs is 2. The summed E-state index contributed by atoms with van der Waals surface area (Å²) in [7, 11) is 0. The standard InChI is InChI=1S/C26H26N2O2/c29-25(14-19-6-2-1-3-7-19)20-10-11-26-21(15-20)17-28(12-13-30-26)18-22-16-27-24-9-5-4-8-23(22)24/h1-11,15-16,25,27,29H,12-14,17-18H2. The fraction of sp³-hybridized carbons (Fsp3) is 0.231. The zero-order chi connectivity index (χ0) is 20.3. The van der Waals surface area contributed by atoms with Gasteiger partial charge in [0, 0.05) is 48.7 Å². The van der Waals surface area contributed by atoms with Crippen molar-refractivity contribution in [3.63, 3.8) is 0 Å². The van der Waals surface area contributed by atoms with Crippen LogP contribution in [0.3, 0.4) is 0 Å². The molecule has 30 heavy (non-hydrogen) atoms. The Morgan fingerprint density at radius 3 is 2.73 bits per heavy atom. The van der Waals surface area contributed by atoms with E-state index >= 15 is 0 Å². The van der Waals surface area contributed by atoms with E-state index in [9.17, 15) is 5.11 Å². The number of ether oxygens (including phenoxy) is 1. The summed E-state index contributed by atoms with van der Waals surface area (Å²) in [6, 6.07) is 24.6. The van der Waals surface area contributed by atoms with E-state index in [4.69, 9.17) is 4.74 Å². The topological polar surface area (TPSA) is 48.5 Å². The van der Waals surface area contributed by atoms with Crippen molar-refractivity contribution in [2.45, 2.75) is 25.6 Å². The molecule has 0 fully saturated rings. The Morgan fingerprint density at radius 1 is 1.00 bits per heavy atom. The van der Waals surface area contributed by atoms with Crippen LogP contribution in [0.4, 0.5) is 0 Å². The first-order valence-electron chi connectivity index (χ1n) is 10.5. The molecule has 4 nitrogen and oxygen atoms in total. The van der Waals surface area contributed by atoms with Crippen molar-refractivity contribution in [2.24, 2.45) is 0 Å². The number of hydrogen-bond acceptors (Lipinski definition) is 3. The lowest BCUT2D eigenvalue weighted by Crippen LogP contribution is -2.25. The van der Waals surface area contributed by atoms with Crippen LogP contribution in [0.2, 0.25) is 0 Å². The Kier molecular flexibility index (Phi) is 5.26. The molecule has 0 amide bonds. The van der Waals surface area contributed by atoms with Gasteiger partial charge < -0.3 is 14.8 Å². The van der Waals surface area contributed by atoms with E-state index in [0.717, 1.165) is 42.1 Å². The van der Waals surface area contributed by atoms with Crippen LogP contribution in [-0.2, 0) is 19.5 Å². The Balaban J connectivity index is 1.35. The highest BCUT2D eigenvalue weighted by Crippen LogP contribution is 2.29. The molecule has 1 aliphatic heterocycles. The second-order valence-corrected chi connectivity index (χ2v) is 7.99. The van der Waals surface area contributed by atoms with Gasteiger partial charge in [0.1, 0.15) is 12.4 Å². The van der Waals surface area contributed by atoms with Gasteiger partial charge in [-0.3, -0.25) is 4.90 Å². The molecule has 3 aromatic carbocycles. The van der Waals surface area contributed by atoms with E-state index in [2.05, 4.69) is 58.5 Å². The lowest BCUT2D eigenvalue weighted by Gasteiger charge is -2.19. The summed E-state index contributed by atoms with van der Waals surface area (Å²) >= 11 is 0. The predicted octanol–water partition coefficient (Wildman–Crippen LogP) is 4.84. The monoisotopic (exact) mass is 398 g/mol. The molecule has 2 N–H and O–H groups in total. The minimum atomic E-state index is -0.525. The van der Waals surface area contributed by atoms with Gasteiger partial charge in [-0.2, -0.15) is 0 Å². The Labute approximate surface area is 176 Å². The van der Waals surface area contributed by atoms with Crippen LogP contribution in [0.25, 0.3) is 10.9 Å². The van der Waals surface area contributed by atoms with Gasteiger partial charge in [0.05, 0.1) is 6.10 Å². The van der Waals surface area contributed by atoms with Crippen molar-refractivity contribution in [3.05, 3.63) is 101 Å². The summed E-state index contributed by atoms with van der Waals surface area (Å²) in [4.78, 5) is 5.78. The second kappa shape index (κ2) is 8.34. The van der Waals surface area contributed by atoms with Crippen LogP contribution in [-0.4, -0.2) is 28.1 Å². The number of aromatic amines is 1. The maximum Gasteiger partial charge on any atom is 0.123 e. The van der Waals surface area contributed by atoms with Gasteiger partial charge in [-0.25, -0.2) is 0 Å². The highest BCUT2D eigenvalue weighted by Gasteiger charge is 2.19. The number of aliphatic hydroxyl groups is 1. The summed E-state index contributed by atoms with van der Waals surface area (Å²) < 4.78 is 6.01. The van der Waals surface area contributed by atoms with Gasteiger partial charge in [0.15, 0.2) is 0 Å². The molecular formula is C26H26N2O2. The number of hydrogen-bond donors (Lipinski definition) is 2. The fourth-order valence-corrected chi connectivity index (χ4v) is 4.27. The number of para-hydroxylation sites is 1. The van der Waals surface area contributed by atoms with Crippen molar-refractivity contribution < 1.29 is 9.84 Å². The van der Waals surface area contributed by atoms with E-state index in [1.54, 1.807) is 0 Å². The first-order chi connectivity index (χ1) is 14.8. The Hall–Kier alpha value is -3.08. The quantitative estimate of drug-likeness (QED) is 0.506. The molecule has 4 aromatic rings. The number of nitrogens with one attached hydrogen (secondary N) is 1. The minimum absolute atomic E-state index is 0.525. The van der Waals surface area contributed by atoms with Crippen LogP contribution in [0.5, 0.6) is 5.75 Å². The summed E-state index contributed by atoms with van der Waals surface area (Å²) in [6.45, 7) is 3.21. The summed E-state index contributed by atoms with van der Waals surface area (Å²) in [5.41, 5.74) is 5.68. The average molecular weight is 399 g/mol. The molecule has 5 rings (SSSR count). The molecule has 0 bridgehead atoms. The van der Waals surface area contributed by atoms with Crippen LogP contribution < -0.4 is 4.74 Å². The highest BCUT2D eigenvalue weighted by molar-refractivity contribution is 5.82. The molecule has 1 aromatic heterocycles. The normalized spacial score (nSPS) is 15.4. The zero-order valence-electron chi connectivity index (χ0n) is 16.9. The molecule has 1 atom stereocenters.